The Kier molecular flexibility index (Phi) is 7.75. The van der Waals surface area contributed by atoms with Gasteiger partial charge in [0.15, 0.2) is 6.61 Å². The van der Waals surface area contributed by atoms with Crippen LogP contribution in [0, 0.1) is 12.8 Å². The summed E-state index contributed by atoms with van der Waals surface area (Å²) in [6.07, 6.45) is 0.937. The maximum atomic E-state index is 12.8. The monoisotopic (exact) mass is 513 g/mol. The smallest absolute Gasteiger partial charge is 0.311 e. The number of benzene rings is 2. The second-order valence-corrected chi connectivity index (χ2v) is 11.1. The Morgan fingerprint density at radius 1 is 0.972 bits per heavy atom. The lowest BCUT2D eigenvalue weighted by Gasteiger charge is -2.34. The highest BCUT2D eigenvalue weighted by Gasteiger charge is 2.37. The van der Waals surface area contributed by atoms with E-state index in [2.05, 4.69) is 6.92 Å². The van der Waals surface area contributed by atoms with Crippen LogP contribution in [0.4, 0.5) is 5.69 Å². The molecule has 2 heterocycles. The highest BCUT2D eigenvalue weighted by atomic mass is 32.2. The molecule has 2 amide bonds. The molecule has 1 unspecified atom stereocenters. The molecule has 2 aliphatic heterocycles. The zero-order valence-electron chi connectivity index (χ0n) is 20.6. The van der Waals surface area contributed by atoms with Crippen LogP contribution in [-0.2, 0) is 35.6 Å². The molecule has 0 N–H and O–H groups in total. The van der Waals surface area contributed by atoms with Crippen molar-refractivity contribution in [1.29, 1.82) is 0 Å². The minimum atomic E-state index is -3.63. The number of esters is 1. The molecule has 36 heavy (non-hydrogen) atoms. The Morgan fingerprint density at radius 2 is 1.61 bits per heavy atom. The van der Waals surface area contributed by atoms with E-state index in [0.29, 0.717) is 0 Å². The molecule has 0 aliphatic carbocycles. The summed E-state index contributed by atoms with van der Waals surface area (Å²) in [5.74, 6) is -1.75. The molecule has 0 radical (unpaired) electrons. The zero-order valence-corrected chi connectivity index (χ0v) is 21.4. The van der Waals surface area contributed by atoms with Crippen LogP contribution in [0.3, 0.4) is 0 Å². The molecule has 0 spiro atoms. The van der Waals surface area contributed by atoms with Gasteiger partial charge in [0, 0.05) is 44.8 Å². The van der Waals surface area contributed by atoms with E-state index in [0.717, 1.165) is 23.2 Å². The van der Waals surface area contributed by atoms with Crippen molar-refractivity contribution >= 4 is 33.5 Å². The third-order valence-electron chi connectivity index (χ3n) is 6.70. The van der Waals surface area contributed by atoms with Crippen LogP contribution in [-0.4, -0.2) is 74.7 Å². The van der Waals surface area contributed by atoms with Gasteiger partial charge in [-0.15, -0.1) is 0 Å². The van der Waals surface area contributed by atoms with Crippen molar-refractivity contribution in [2.45, 2.75) is 31.6 Å². The fourth-order valence-electron chi connectivity index (χ4n) is 4.41. The largest absolute Gasteiger partial charge is 0.455 e. The molecule has 1 atom stereocenters. The molecular formula is C26H31N3O6S. The Hall–Kier alpha value is -3.24. The third-order valence-corrected chi connectivity index (χ3v) is 8.62. The van der Waals surface area contributed by atoms with Crippen molar-refractivity contribution in [2.24, 2.45) is 5.92 Å². The molecule has 192 valence electrons. The zero-order chi connectivity index (χ0) is 25.9. The minimum absolute atomic E-state index is 0.0398. The van der Waals surface area contributed by atoms with E-state index in [-0.39, 0.29) is 55.9 Å². The topological polar surface area (TPSA) is 104 Å². The first-order chi connectivity index (χ1) is 17.2. The van der Waals surface area contributed by atoms with Gasteiger partial charge in [-0.05, 0) is 43.2 Å². The quantitative estimate of drug-likeness (QED) is 0.525. The lowest BCUT2D eigenvalue weighted by molar-refractivity contribution is -0.155. The fourth-order valence-corrected chi connectivity index (χ4v) is 5.83. The van der Waals surface area contributed by atoms with Crippen molar-refractivity contribution in [1.82, 2.24) is 9.21 Å². The van der Waals surface area contributed by atoms with Crippen molar-refractivity contribution in [3.63, 3.8) is 0 Å². The summed E-state index contributed by atoms with van der Waals surface area (Å²) in [6.45, 7) is 4.48. The van der Waals surface area contributed by atoms with Crippen LogP contribution in [0.5, 0.6) is 0 Å². The highest BCUT2D eigenvalue weighted by molar-refractivity contribution is 7.89. The van der Waals surface area contributed by atoms with Crippen LogP contribution in [0.15, 0.2) is 53.4 Å². The van der Waals surface area contributed by atoms with Crippen molar-refractivity contribution in [2.75, 3.05) is 44.2 Å². The van der Waals surface area contributed by atoms with E-state index in [1.54, 1.807) is 29.2 Å². The van der Waals surface area contributed by atoms with Gasteiger partial charge in [0.1, 0.15) is 0 Å². The fraction of sp³-hybridized carbons (Fsp3) is 0.423. The number of piperazine rings is 1. The summed E-state index contributed by atoms with van der Waals surface area (Å²) in [5.41, 5.74) is 2.87. The van der Waals surface area contributed by atoms with E-state index < -0.39 is 28.5 Å². The molecule has 0 aromatic heterocycles. The molecule has 2 aliphatic rings. The summed E-state index contributed by atoms with van der Waals surface area (Å²) < 4.78 is 32.3. The van der Waals surface area contributed by atoms with Crippen LogP contribution >= 0.6 is 0 Å². The highest BCUT2D eigenvalue weighted by Crippen LogP contribution is 2.26. The molecule has 0 bridgehead atoms. The Balaban J connectivity index is 1.25. The summed E-state index contributed by atoms with van der Waals surface area (Å²) >= 11 is 0. The van der Waals surface area contributed by atoms with E-state index >= 15 is 0 Å². The molecule has 9 nitrogen and oxygen atoms in total. The molecular weight excluding hydrogens is 482 g/mol. The van der Waals surface area contributed by atoms with Gasteiger partial charge >= 0.3 is 5.97 Å². The van der Waals surface area contributed by atoms with Gasteiger partial charge in [-0.2, -0.15) is 4.31 Å². The number of sulfonamides is 1. The molecule has 2 fully saturated rings. The maximum Gasteiger partial charge on any atom is 0.311 e. The number of carbonyl (C=O) groups excluding carboxylic acids is 3. The van der Waals surface area contributed by atoms with Crippen LogP contribution in [0.25, 0.3) is 0 Å². The predicted octanol–water partition coefficient (Wildman–Crippen LogP) is 1.99. The van der Waals surface area contributed by atoms with Gasteiger partial charge < -0.3 is 14.5 Å². The van der Waals surface area contributed by atoms with Gasteiger partial charge in [-0.1, -0.05) is 36.8 Å². The van der Waals surface area contributed by atoms with Crippen LogP contribution in [0.1, 0.15) is 24.5 Å². The first kappa shape index (κ1) is 25.8. The maximum absolute atomic E-state index is 12.8. The molecule has 2 aromatic rings. The lowest BCUT2D eigenvalue weighted by atomic mass is 10.1. The van der Waals surface area contributed by atoms with Gasteiger partial charge in [0.25, 0.3) is 5.91 Å². The van der Waals surface area contributed by atoms with E-state index in [4.69, 9.17) is 4.74 Å². The van der Waals surface area contributed by atoms with Gasteiger partial charge in [0.05, 0.1) is 10.8 Å². The molecule has 10 heteroatoms. The second-order valence-electron chi connectivity index (χ2n) is 9.13. The summed E-state index contributed by atoms with van der Waals surface area (Å²) in [6, 6.07) is 14.3. The molecule has 2 aromatic carbocycles. The van der Waals surface area contributed by atoms with Crippen molar-refractivity contribution in [3.8, 4) is 0 Å². The van der Waals surface area contributed by atoms with E-state index in [9.17, 15) is 22.8 Å². The SMILES string of the molecule is CCc1ccc(N2CC(C(=O)OCC(=O)N3CCN(S(=O)(=O)c4ccc(C)cc4)CC3)CC2=O)cc1. The van der Waals surface area contributed by atoms with Crippen molar-refractivity contribution < 1.29 is 27.5 Å². The van der Waals surface area contributed by atoms with Crippen LogP contribution in [0.2, 0.25) is 0 Å². The Labute approximate surface area is 211 Å². The normalized spacial score (nSPS) is 18.9. The number of nitrogens with zero attached hydrogens (tertiary/aromatic N) is 3. The minimum Gasteiger partial charge on any atom is -0.455 e. The summed E-state index contributed by atoms with van der Waals surface area (Å²) in [5, 5.41) is 0. The molecule has 0 saturated carbocycles. The predicted molar refractivity (Wildman–Crippen MR) is 134 cm³/mol. The number of anilines is 1. The Morgan fingerprint density at radius 3 is 2.22 bits per heavy atom. The summed E-state index contributed by atoms with van der Waals surface area (Å²) in [4.78, 5) is 40.9. The summed E-state index contributed by atoms with van der Waals surface area (Å²) in [7, 11) is -3.63. The number of amides is 2. The number of carbonyl (C=O) groups is 3. The standard InChI is InChI=1S/C26H31N3O6S/c1-3-20-6-8-22(9-7-20)29-17-21(16-24(29)30)26(32)35-18-25(31)27-12-14-28(15-13-27)36(33,34)23-10-4-19(2)5-11-23/h4-11,21H,3,12-18H2,1-2H3. The molecule has 2 saturated heterocycles. The lowest BCUT2D eigenvalue weighted by Crippen LogP contribution is -2.51. The van der Waals surface area contributed by atoms with E-state index in [1.807, 2.05) is 31.2 Å². The number of ether oxygens (including phenoxy) is 1. The first-order valence-electron chi connectivity index (χ1n) is 12.1. The number of hydrogen-bond donors (Lipinski definition) is 0. The average molecular weight is 514 g/mol. The number of rotatable bonds is 7. The first-order valence-corrected chi connectivity index (χ1v) is 13.5. The Bertz CT molecular complexity index is 1220. The van der Waals surface area contributed by atoms with Gasteiger partial charge in [0.2, 0.25) is 15.9 Å². The second kappa shape index (κ2) is 10.8. The van der Waals surface area contributed by atoms with Crippen LogP contribution < -0.4 is 4.90 Å². The number of aryl methyl sites for hydroxylation is 2. The van der Waals surface area contributed by atoms with Gasteiger partial charge in [-0.3, -0.25) is 14.4 Å². The number of hydrogen-bond acceptors (Lipinski definition) is 6. The molecule has 4 rings (SSSR count). The third kappa shape index (κ3) is 5.60. The average Bonchev–Trinajstić information content (AvgIpc) is 3.29. The van der Waals surface area contributed by atoms with E-state index in [1.165, 1.54) is 9.21 Å². The van der Waals surface area contributed by atoms with Gasteiger partial charge in [-0.25, -0.2) is 8.42 Å². The van der Waals surface area contributed by atoms with Crippen molar-refractivity contribution in [3.05, 3.63) is 59.7 Å².